The Balaban J connectivity index is 0.000000434. The normalized spacial score (nSPS) is 11.6. The van der Waals surface area contributed by atoms with Gasteiger partial charge in [-0.05, 0) is 27.7 Å². The summed E-state index contributed by atoms with van der Waals surface area (Å²) < 4.78 is 1.28. The second-order valence-corrected chi connectivity index (χ2v) is 10.4. The highest BCUT2D eigenvalue weighted by molar-refractivity contribution is 7.11. The van der Waals surface area contributed by atoms with Crippen LogP contribution in [-0.2, 0) is 0 Å². The van der Waals surface area contributed by atoms with Crippen LogP contribution in [0.4, 0.5) is 0 Å². The molecular formula is C34H52BN. The third-order valence-electron chi connectivity index (χ3n) is 8.78. The van der Waals surface area contributed by atoms with Crippen molar-refractivity contribution in [2.45, 2.75) is 79.5 Å². The van der Waals surface area contributed by atoms with Gasteiger partial charge in [0.2, 0.25) is 0 Å². The number of unbranched alkanes of at least 4 members (excludes halogenated alkanes) is 5. The molecule has 0 radical (unpaired) electrons. The average Bonchev–Trinajstić information content (AvgIpc) is 2.96. The SMILES string of the molecule is CCCCCCCC[B-](c1ccccc1)(c1ccccc1)c1ccccc1.CC[N+](CC)(CC)CC. The zero-order chi connectivity index (χ0) is 26.1. The monoisotopic (exact) mass is 485 g/mol. The summed E-state index contributed by atoms with van der Waals surface area (Å²) in [6, 6.07) is 33.5. The molecule has 0 aromatic heterocycles. The molecule has 0 N–H and O–H groups in total. The molecule has 2 heteroatoms. The largest absolute Gasteiger partial charge is 0.325 e. The van der Waals surface area contributed by atoms with Crippen molar-refractivity contribution in [3.05, 3.63) is 91.0 Å². The Kier molecular flexibility index (Phi) is 13.7. The summed E-state index contributed by atoms with van der Waals surface area (Å²) in [6.45, 7) is 16.5. The Morgan fingerprint density at radius 2 is 0.778 bits per heavy atom. The summed E-state index contributed by atoms with van der Waals surface area (Å²) in [7, 11) is 0. The summed E-state index contributed by atoms with van der Waals surface area (Å²) >= 11 is 0. The molecule has 196 valence electrons. The fourth-order valence-corrected chi connectivity index (χ4v) is 5.99. The number of nitrogens with zero attached hydrogens (tertiary/aromatic N) is 1. The van der Waals surface area contributed by atoms with Crippen LogP contribution in [0.1, 0.15) is 73.1 Å². The van der Waals surface area contributed by atoms with Crippen molar-refractivity contribution < 1.29 is 4.48 Å². The molecule has 0 amide bonds. The lowest BCUT2D eigenvalue weighted by Crippen LogP contribution is -2.66. The third kappa shape index (κ3) is 8.10. The van der Waals surface area contributed by atoms with Gasteiger partial charge in [-0.3, -0.25) is 0 Å². The second-order valence-electron chi connectivity index (χ2n) is 10.4. The van der Waals surface area contributed by atoms with E-state index >= 15 is 0 Å². The summed E-state index contributed by atoms with van der Waals surface area (Å²) in [4.78, 5) is 0. The van der Waals surface area contributed by atoms with Gasteiger partial charge >= 0.3 is 0 Å². The van der Waals surface area contributed by atoms with Crippen LogP contribution in [0.3, 0.4) is 0 Å². The van der Waals surface area contributed by atoms with E-state index in [1.54, 1.807) is 0 Å². The first-order chi connectivity index (χ1) is 17.6. The fourth-order valence-electron chi connectivity index (χ4n) is 5.99. The highest BCUT2D eigenvalue weighted by Crippen LogP contribution is 2.18. The van der Waals surface area contributed by atoms with Gasteiger partial charge in [-0.15, -0.1) is 0 Å². The van der Waals surface area contributed by atoms with Gasteiger partial charge < -0.3 is 4.48 Å². The van der Waals surface area contributed by atoms with E-state index in [9.17, 15) is 0 Å². The molecule has 0 aliphatic rings. The maximum absolute atomic E-state index is 2.33. The van der Waals surface area contributed by atoms with Gasteiger partial charge in [0.1, 0.15) is 0 Å². The van der Waals surface area contributed by atoms with Gasteiger partial charge in [0.05, 0.1) is 32.3 Å². The molecule has 0 aliphatic heterocycles. The van der Waals surface area contributed by atoms with Crippen molar-refractivity contribution in [3.8, 4) is 0 Å². The summed E-state index contributed by atoms with van der Waals surface area (Å²) in [6.07, 6.45) is 8.30. The van der Waals surface area contributed by atoms with Gasteiger partial charge in [-0.1, -0.05) is 136 Å². The lowest BCUT2D eigenvalue weighted by atomic mass is 9.14. The quantitative estimate of drug-likeness (QED) is 0.127. The topological polar surface area (TPSA) is 0 Å². The summed E-state index contributed by atoms with van der Waals surface area (Å²) in [5.74, 6) is 0. The van der Waals surface area contributed by atoms with Crippen molar-refractivity contribution in [2.75, 3.05) is 26.2 Å². The minimum atomic E-state index is -0.938. The van der Waals surface area contributed by atoms with Crippen LogP contribution >= 0.6 is 0 Å². The molecule has 0 aliphatic carbocycles. The first kappa shape index (κ1) is 29.9. The van der Waals surface area contributed by atoms with Gasteiger partial charge in [0.25, 0.3) is 0 Å². The van der Waals surface area contributed by atoms with Gasteiger partial charge in [-0.2, -0.15) is 22.7 Å². The number of benzene rings is 3. The van der Waals surface area contributed by atoms with E-state index in [2.05, 4.69) is 126 Å². The molecular weight excluding hydrogens is 433 g/mol. The summed E-state index contributed by atoms with van der Waals surface area (Å²) in [5.41, 5.74) is 4.38. The minimum absolute atomic E-state index is 0.938. The van der Waals surface area contributed by atoms with Crippen LogP contribution < -0.4 is 16.4 Å². The number of quaternary nitrogens is 1. The van der Waals surface area contributed by atoms with E-state index in [1.807, 2.05) is 0 Å². The van der Waals surface area contributed by atoms with Gasteiger partial charge in [-0.25, -0.2) is 0 Å². The number of hydrogen-bond acceptors (Lipinski definition) is 0. The number of rotatable bonds is 14. The second kappa shape index (κ2) is 16.4. The zero-order valence-electron chi connectivity index (χ0n) is 24.0. The highest BCUT2D eigenvalue weighted by atomic mass is 15.3. The van der Waals surface area contributed by atoms with E-state index in [1.165, 1.54) is 91.9 Å². The molecule has 0 atom stereocenters. The van der Waals surface area contributed by atoms with E-state index < -0.39 is 6.15 Å². The molecule has 0 spiro atoms. The molecule has 36 heavy (non-hydrogen) atoms. The third-order valence-corrected chi connectivity index (χ3v) is 8.78. The molecule has 3 aromatic carbocycles. The highest BCUT2D eigenvalue weighted by Gasteiger charge is 2.29. The Hall–Kier alpha value is -2.32. The molecule has 0 bridgehead atoms. The molecule has 0 saturated heterocycles. The molecule has 3 rings (SSSR count). The molecule has 3 aromatic rings. The summed E-state index contributed by atoms with van der Waals surface area (Å²) in [5, 5.41) is 0. The van der Waals surface area contributed by atoms with Crippen molar-refractivity contribution in [1.29, 1.82) is 0 Å². The maximum Gasteiger partial charge on any atom is 0.0814 e. The Morgan fingerprint density at radius 3 is 1.08 bits per heavy atom. The fraction of sp³-hybridized carbons (Fsp3) is 0.471. The smallest absolute Gasteiger partial charge is 0.0814 e. The first-order valence-corrected chi connectivity index (χ1v) is 14.8. The van der Waals surface area contributed by atoms with Crippen molar-refractivity contribution in [1.82, 2.24) is 0 Å². The van der Waals surface area contributed by atoms with E-state index in [4.69, 9.17) is 0 Å². The Bertz CT molecular complexity index is 805. The maximum atomic E-state index is 2.33. The van der Waals surface area contributed by atoms with Gasteiger partial charge in [0.15, 0.2) is 0 Å². The van der Waals surface area contributed by atoms with Crippen LogP contribution in [0, 0.1) is 0 Å². The molecule has 0 saturated carbocycles. The molecule has 0 fully saturated rings. The molecule has 1 nitrogen and oxygen atoms in total. The van der Waals surface area contributed by atoms with Crippen LogP contribution in [0.25, 0.3) is 0 Å². The predicted octanol–water partition coefficient (Wildman–Crippen LogP) is 7.40. The Labute approximate surface area is 223 Å². The van der Waals surface area contributed by atoms with Crippen molar-refractivity contribution in [2.24, 2.45) is 0 Å². The van der Waals surface area contributed by atoms with Crippen LogP contribution in [-0.4, -0.2) is 36.8 Å². The van der Waals surface area contributed by atoms with E-state index in [-0.39, 0.29) is 0 Å². The zero-order valence-corrected chi connectivity index (χ0v) is 24.0. The lowest BCUT2D eigenvalue weighted by molar-refractivity contribution is -0.921. The first-order valence-electron chi connectivity index (χ1n) is 14.8. The van der Waals surface area contributed by atoms with E-state index in [0.29, 0.717) is 0 Å². The van der Waals surface area contributed by atoms with Crippen molar-refractivity contribution >= 4 is 22.5 Å². The Morgan fingerprint density at radius 1 is 0.444 bits per heavy atom. The molecule has 0 unspecified atom stereocenters. The van der Waals surface area contributed by atoms with Crippen LogP contribution in [0.2, 0.25) is 6.32 Å². The van der Waals surface area contributed by atoms with Gasteiger partial charge in [0, 0.05) is 0 Å². The van der Waals surface area contributed by atoms with Crippen LogP contribution in [0.15, 0.2) is 91.0 Å². The standard InChI is InChI=1S/C26H32B.C8H20N/c1-2-3-4-5-6-16-23-27(24-17-10-7-11-18-24,25-19-12-8-13-20-25)26-21-14-9-15-22-26;1-5-9(6-2,7-3)8-4/h7-15,17-22H,2-6,16,23H2,1H3;5-8H2,1-4H3/q-1;+1. The lowest BCUT2D eigenvalue weighted by Gasteiger charge is -2.43. The average molecular weight is 486 g/mol. The van der Waals surface area contributed by atoms with Crippen LogP contribution in [0.5, 0.6) is 0 Å². The minimum Gasteiger partial charge on any atom is -0.325 e. The van der Waals surface area contributed by atoms with E-state index in [0.717, 1.165) is 0 Å². The predicted molar refractivity (Wildman–Crippen MR) is 165 cm³/mol. The molecule has 0 heterocycles. The van der Waals surface area contributed by atoms with Crippen molar-refractivity contribution in [3.63, 3.8) is 0 Å². The number of hydrogen-bond donors (Lipinski definition) is 0.